The fourth-order valence-corrected chi connectivity index (χ4v) is 2.55. The summed E-state index contributed by atoms with van der Waals surface area (Å²) in [5.41, 5.74) is 8.32. The highest BCUT2D eigenvalue weighted by molar-refractivity contribution is 9.10. The van der Waals surface area contributed by atoms with Crippen molar-refractivity contribution in [2.45, 2.75) is 33.2 Å². The van der Waals surface area contributed by atoms with E-state index in [1.807, 2.05) is 6.92 Å². The summed E-state index contributed by atoms with van der Waals surface area (Å²) in [4.78, 5) is 2.37. The summed E-state index contributed by atoms with van der Waals surface area (Å²) in [5, 5.41) is 0. The van der Waals surface area contributed by atoms with Crippen LogP contribution in [0, 0.1) is 0 Å². The van der Waals surface area contributed by atoms with Gasteiger partial charge in [-0.15, -0.1) is 0 Å². The average Bonchev–Trinajstić information content (AvgIpc) is 2.25. The molecule has 90 valence electrons. The van der Waals surface area contributed by atoms with Crippen LogP contribution in [-0.4, -0.2) is 13.1 Å². The van der Waals surface area contributed by atoms with Crippen molar-refractivity contribution in [2.75, 3.05) is 18.0 Å². The lowest BCUT2D eigenvalue weighted by molar-refractivity contribution is 0.786. The van der Waals surface area contributed by atoms with E-state index >= 15 is 0 Å². The molecule has 1 atom stereocenters. The molecule has 1 rings (SSSR count). The molecule has 16 heavy (non-hydrogen) atoms. The lowest BCUT2D eigenvalue weighted by atomic mass is 10.1. The lowest BCUT2D eigenvalue weighted by Crippen LogP contribution is -2.23. The maximum absolute atomic E-state index is 5.89. The van der Waals surface area contributed by atoms with Crippen LogP contribution >= 0.6 is 15.9 Å². The van der Waals surface area contributed by atoms with Crippen molar-refractivity contribution in [2.24, 2.45) is 5.73 Å². The molecule has 2 N–H and O–H groups in total. The molecule has 0 amide bonds. The molecule has 1 aromatic carbocycles. The molecule has 0 aliphatic rings. The summed E-state index contributed by atoms with van der Waals surface area (Å²) in [6, 6.07) is 6.51. The Labute approximate surface area is 107 Å². The minimum Gasteiger partial charge on any atom is -0.372 e. The minimum absolute atomic E-state index is 0.0738. The molecule has 0 saturated carbocycles. The van der Waals surface area contributed by atoms with Crippen LogP contribution in [0.1, 0.15) is 38.8 Å². The molecule has 0 aliphatic carbocycles. The molecule has 0 bridgehead atoms. The molecule has 0 spiro atoms. The summed E-state index contributed by atoms with van der Waals surface area (Å²) < 4.78 is 1.11. The number of benzene rings is 1. The highest BCUT2D eigenvalue weighted by atomic mass is 79.9. The first-order valence-electron chi connectivity index (χ1n) is 5.90. The van der Waals surface area contributed by atoms with Crippen LogP contribution in [-0.2, 0) is 0 Å². The standard InChI is InChI=1S/C13H21BrN2/c1-4-8-16(5-2)11-6-7-12(10(3)15)13(14)9-11/h6-7,9-10H,4-5,8,15H2,1-3H3/t10-/m1/s1. The van der Waals surface area contributed by atoms with Gasteiger partial charge in [-0.3, -0.25) is 0 Å². The smallest absolute Gasteiger partial charge is 0.0377 e. The van der Waals surface area contributed by atoms with E-state index in [-0.39, 0.29) is 6.04 Å². The third-order valence-electron chi connectivity index (χ3n) is 2.71. The second-order valence-electron chi connectivity index (χ2n) is 4.07. The number of nitrogens with two attached hydrogens (primary N) is 1. The maximum atomic E-state index is 5.89. The monoisotopic (exact) mass is 284 g/mol. The number of anilines is 1. The average molecular weight is 285 g/mol. The van der Waals surface area contributed by atoms with E-state index in [4.69, 9.17) is 5.73 Å². The Morgan fingerprint density at radius 1 is 1.38 bits per heavy atom. The second kappa shape index (κ2) is 6.26. The van der Waals surface area contributed by atoms with Crippen LogP contribution < -0.4 is 10.6 Å². The van der Waals surface area contributed by atoms with Gasteiger partial charge in [0.05, 0.1) is 0 Å². The molecule has 2 nitrogen and oxygen atoms in total. The number of nitrogens with zero attached hydrogens (tertiary/aromatic N) is 1. The molecular formula is C13H21BrN2. The summed E-state index contributed by atoms with van der Waals surface area (Å²) in [7, 11) is 0. The highest BCUT2D eigenvalue weighted by Crippen LogP contribution is 2.27. The molecular weight excluding hydrogens is 264 g/mol. The van der Waals surface area contributed by atoms with E-state index < -0.39 is 0 Å². The summed E-state index contributed by atoms with van der Waals surface area (Å²) >= 11 is 3.59. The lowest BCUT2D eigenvalue weighted by Gasteiger charge is -2.23. The van der Waals surface area contributed by atoms with Crippen molar-refractivity contribution < 1.29 is 0 Å². The summed E-state index contributed by atoms with van der Waals surface area (Å²) in [6.45, 7) is 8.53. The van der Waals surface area contributed by atoms with Crippen LogP contribution in [0.4, 0.5) is 5.69 Å². The Morgan fingerprint density at radius 2 is 2.06 bits per heavy atom. The normalized spacial score (nSPS) is 12.6. The maximum Gasteiger partial charge on any atom is 0.0377 e. The quantitative estimate of drug-likeness (QED) is 0.893. The van der Waals surface area contributed by atoms with Crippen LogP contribution in [0.3, 0.4) is 0 Å². The number of rotatable bonds is 5. The van der Waals surface area contributed by atoms with Crippen LogP contribution in [0.25, 0.3) is 0 Å². The molecule has 0 radical (unpaired) electrons. The first kappa shape index (κ1) is 13.5. The zero-order valence-corrected chi connectivity index (χ0v) is 11.9. The first-order valence-corrected chi connectivity index (χ1v) is 6.69. The van der Waals surface area contributed by atoms with Crippen molar-refractivity contribution in [3.8, 4) is 0 Å². The molecule has 0 heterocycles. The Morgan fingerprint density at radius 3 is 2.50 bits per heavy atom. The van der Waals surface area contributed by atoms with Gasteiger partial charge in [-0.25, -0.2) is 0 Å². The summed E-state index contributed by atoms with van der Waals surface area (Å²) in [5.74, 6) is 0. The second-order valence-corrected chi connectivity index (χ2v) is 4.93. The molecule has 0 saturated heterocycles. The van der Waals surface area contributed by atoms with Gasteiger partial charge in [0, 0.05) is 29.3 Å². The molecule has 1 aromatic rings. The van der Waals surface area contributed by atoms with Crippen molar-refractivity contribution in [3.63, 3.8) is 0 Å². The SMILES string of the molecule is CCCN(CC)c1ccc([C@@H](C)N)c(Br)c1. The van der Waals surface area contributed by atoms with Gasteiger partial charge in [0.1, 0.15) is 0 Å². The zero-order chi connectivity index (χ0) is 12.1. The van der Waals surface area contributed by atoms with Gasteiger partial charge in [-0.1, -0.05) is 28.9 Å². The molecule has 0 unspecified atom stereocenters. The minimum atomic E-state index is 0.0738. The molecule has 0 aliphatic heterocycles. The van der Waals surface area contributed by atoms with Gasteiger partial charge in [-0.05, 0) is 38.0 Å². The van der Waals surface area contributed by atoms with Gasteiger partial charge < -0.3 is 10.6 Å². The summed E-state index contributed by atoms with van der Waals surface area (Å²) in [6.07, 6.45) is 1.17. The van der Waals surface area contributed by atoms with E-state index in [1.165, 1.54) is 12.1 Å². The number of hydrogen-bond donors (Lipinski definition) is 1. The Kier molecular flexibility index (Phi) is 5.29. The van der Waals surface area contributed by atoms with Crippen molar-refractivity contribution >= 4 is 21.6 Å². The predicted molar refractivity (Wildman–Crippen MR) is 74.9 cm³/mol. The van der Waals surface area contributed by atoms with Gasteiger partial charge >= 0.3 is 0 Å². The Hall–Kier alpha value is -0.540. The van der Waals surface area contributed by atoms with Gasteiger partial charge in [0.2, 0.25) is 0 Å². The van der Waals surface area contributed by atoms with Crippen LogP contribution in [0.2, 0.25) is 0 Å². The van der Waals surface area contributed by atoms with E-state index in [0.29, 0.717) is 0 Å². The van der Waals surface area contributed by atoms with Crippen molar-refractivity contribution in [3.05, 3.63) is 28.2 Å². The number of hydrogen-bond acceptors (Lipinski definition) is 2. The fraction of sp³-hybridized carbons (Fsp3) is 0.538. The van der Waals surface area contributed by atoms with Crippen LogP contribution in [0.15, 0.2) is 22.7 Å². The fourth-order valence-electron chi connectivity index (χ4n) is 1.82. The van der Waals surface area contributed by atoms with E-state index in [2.05, 4.69) is 52.9 Å². The zero-order valence-electron chi connectivity index (χ0n) is 10.3. The molecule has 3 heteroatoms. The third kappa shape index (κ3) is 3.22. The molecule has 0 aromatic heterocycles. The predicted octanol–water partition coefficient (Wildman–Crippen LogP) is 3.71. The molecule has 0 fully saturated rings. The number of halogens is 1. The van der Waals surface area contributed by atoms with Crippen molar-refractivity contribution in [1.29, 1.82) is 0 Å². The van der Waals surface area contributed by atoms with Crippen LogP contribution in [0.5, 0.6) is 0 Å². The van der Waals surface area contributed by atoms with E-state index in [9.17, 15) is 0 Å². The highest BCUT2D eigenvalue weighted by Gasteiger charge is 2.08. The van der Waals surface area contributed by atoms with Gasteiger partial charge in [-0.2, -0.15) is 0 Å². The van der Waals surface area contributed by atoms with Gasteiger partial charge in [0.15, 0.2) is 0 Å². The van der Waals surface area contributed by atoms with E-state index in [0.717, 1.165) is 23.1 Å². The van der Waals surface area contributed by atoms with E-state index in [1.54, 1.807) is 0 Å². The first-order chi connectivity index (χ1) is 7.60. The topological polar surface area (TPSA) is 29.3 Å². The Balaban J connectivity index is 2.95. The Bertz CT molecular complexity index is 337. The van der Waals surface area contributed by atoms with Gasteiger partial charge in [0.25, 0.3) is 0 Å². The third-order valence-corrected chi connectivity index (χ3v) is 3.40. The van der Waals surface area contributed by atoms with Crippen molar-refractivity contribution in [1.82, 2.24) is 0 Å². The largest absolute Gasteiger partial charge is 0.372 e.